The molecule has 0 saturated carbocycles. The first-order valence-corrected chi connectivity index (χ1v) is 7.07. The summed E-state index contributed by atoms with van der Waals surface area (Å²) >= 11 is 9.33. The summed E-state index contributed by atoms with van der Waals surface area (Å²) in [7, 11) is 0. The lowest BCUT2D eigenvalue weighted by Gasteiger charge is -2.10. The number of aryl methyl sites for hydroxylation is 1. The molecule has 2 rings (SSSR count). The third-order valence-electron chi connectivity index (χ3n) is 2.86. The van der Waals surface area contributed by atoms with Gasteiger partial charge in [-0.1, -0.05) is 39.7 Å². The first-order valence-electron chi connectivity index (χ1n) is 5.90. The predicted molar refractivity (Wildman–Crippen MR) is 84.3 cm³/mol. The van der Waals surface area contributed by atoms with Crippen molar-refractivity contribution in [2.24, 2.45) is 0 Å². The van der Waals surface area contributed by atoms with Crippen LogP contribution in [0, 0.1) is 17.0 Å². The summed E-state index contributed by atoms with van der Waals surface area (Å²) in [5.74, 6) is 0. The van der Waals surface area contributed by atoms with Gasteiger partial charge in [0.2, 0.25) is 0 Å². The summed E-state index contributed by atoms with van der Waals surface area (Å²) < 4.78 is 1.01. The normalized spacial score (nSPS) is 10.3. The molecule has 0 unspecified atom stereocenters. The van der Waals surface area contributed by atoms with Crippen molar-refractivity contribution in [3.63, 3.8) is 0 Å². The first kappa shape index (κ1) is 14.8. The van der Waals surface area contributed by atoms with E-state index in [0.29, 0.717) is 6.54 Å². The number of hydrogen-bond acceptors (Lipinski definition) is 3. The standard InChI is InChI=1S/C14H12BrClN2O2/c1-9-5-14(18(19)20)12(16)7-13(9)17-8-10-3-2-4-11(15)6-10/h2-7,17H,8H2,1H3. The molecule has 0 aliphatic rings. The molecule has 2 aromatic carbocycles. The molecule has 0 spiro atoms. The van der Waals surface area contributed by atoms with Crippen LogP contribution in [-0.2, 0) is 6.54 Å². The highest BCUT2D eigenvalue weighted by Gasteiger charge is 2.14. The zero-order valence-electron chi connectivity index (χ0n) is 10.7. The van der Waals surface area contributed by atoms with Crippen molar-refractivity contribution in [2.75, 3.05) is 5.32 Å². The van der Waals surface area contributed by atoms with E-state index >= 15 is 0 Å². The van der Waals surface area contributed by atoms with Gasteiger partial charge in [0.25, 0.3) is 5.69 Å². The second kappa shape index (κ2) is 6.24. The van der Waals surface area contributed by atoms with Gasteiger partial charge in [0.15, 0.2) is 0 Å². The molecular weight excluding hydrogens is 344 g/mol. The number of nitrogens with one attached hydrogen (secondary N) is 1. The van der Waals surface area contributed by atoms with Crippen LogP contribution in [0.3, 0.4) is 0 Å². The van der Waals surface area contributed by atoms with E-state index < -0.39 is 4.92 Å². The van der Waals surface area contributed by atoms with Gasteiger partial charge in [0.1, 0.15) is 5.02 Å². The number of nitrogens with zero attached hydrogens (tertiary/aromatic N) is 1. The Morgan fingerprint density at radius 3 is 2.75 bits per heavy atom. The molecule has 1 N–H and O–H groups in total. The van der Waals surface area contributed by atoms with Gasteiger partial charge < -0.3 is 5.32 Å². The van der Waals surface area contributed by atoms with Gasteiger partial charge in [-0.05, 0) is 36.2 Å². The van der Waals surface area contributed by atoms with Crippen LogP contribution in [0.5, 0.6) is 0 Å². The number of halogens is 2. The molecule has 2 aromatic rings. The third-order valence-corrected chi connectivity index (χ3v) is 3.66. The smallest absolute Gasteiger partial charge is 0.288 e. The van der Waals surface area contributed by atoms with Gasteiger partial charge in [0.05, 0.1) is 4.92 Å². The number of nitro groups is 1. The number of anilines is 1. The monoisotopic (exact) mass is 354 g/mol. The number of benzene rings is 2. The molecule has 0 heterocycles. The van der Waals surface area contributed by atoms with Gasteiger partial charge in [-0.25, -0.2) is 0 Å². The van der Waals surface area contributed by atoms with Crippen molar-refractivity contribution in [3.8, 4) is 0 Å². The Labute approximate surface area is 130 Å². The van der Waals surface area contributed by atoms with Crippen LogP contribution >= 0.6 is 27.5 Å². The van der Waals surface area contributed by atoms with Gasteiger partial charge in [-0.15, -0.1) is 0 Å². The Balaban J connectivity index is 2.18. The molecule has 0 saturated heterocycles. The fraction of sp³-hybridized carbons (Fsp3) is 0.143. The molecule has 0 aromatic heterocycles. The van der Waals surface area contributed by atoms with Gasteiger partial charge in [0, 0.05) is 22.8 Å². The minimum absolute atomic E-state index is 0.0721. The van der Waals surface area contributed by atoms with Gasteiger partial charge >= 0.3 is 0 Å². The lowest BCUT2D eigenvalue weighted by Crippen LogP contribution is -2.02. The lowest BCUT2D eigenvalue weighted by molar-refractivity contribution is -0.384. The third kappa shape index (κ3) is 3.49. The summed E-state index contributed by atoms with van der Waals surface area (Å²) in [6.45, 7) is 2.43. The summed E-state index contributed by atoms with van der Waals surface area (Å²) in [6, 6.07) is 11.0. The van der Waals surface area contributed by atoms with E-state index in [9.17, 15) is 10.1 Å². The van der Waals surface area contributed by atoms with E-state index in [-0.39, 0.29) is 10.7 Å². The molecule has 0 aliphatic carbocycles. The van der Waals surface area contributed by atoms with Crippen molar-refractivity contribution in [1.29, 1.82) is 0 Å². The molecule has 6 heteroatoms. The van der Waals surface area contributed by atoms with Crippen molar-refractivity contribution < 1.29 is 4.92 Å². The molecule has 104 valence electrons. The van der Waals surface area contributed by atoms with E-state index in [1.165, 1.54) is 6.07 Å². The van der Waals surface area contributed by atoms with Gasteiger partial charge in [-0.3, -0.25) is 10.1 Å². The second-order valence-electron chi connectivity index (χ2n) is 4.36. The molecule has 0 radical (unpaired) electrons. The van der Waals surface area contributed by atoms with Crippen LogP contribution in [0.15, 0.2) is 40.9 Å². The van der Waals surface area contributed by atoms with Crippen LogP contribution < -0.4 is 5.32 Å². The summed E-state index contributed by atoms with van der Waals surface area (Å²) in [5, 5.41) is 14.2. The van der Waals surface area contributed by atoms with E-state index in [0.717, 1.165) is 21.3 Å². The summed E-state index contributed by atoms with van der Waals surface area (Å²) in [6.07, 6.45) is 0. The highest BCUT2D eigenvalue weighted by molar-refractivity contribution is 9.10. The highest BCUT2D eigenvalue weighted by Crippen LogP contribution is 2.30. The second-order valence-corrected chi connectivity index (χ2v) is 5.68. The molecule has 4 nitrogen and oxygen atoms in total. The van der Waals surface area contributed by atoms with Crippen molar-refractivity contribution >= 4 is 38.9 Å². The first-order chi connectivity index (χ1) is 9.47. The van der Waals surface area contributed by atoms with E-state index in [4.69, 9.17) is 11.6 Å². The largest absolute Gasteiger partial charge is 0.381 e. The Morgan fingerprint density at radius 2 is 2.10 bits per heavy atom. The molecule has 0 amide bonds. The van der Waals surface area contributed by atoms with E-state index in [2.05, 4.69) is 21.2 Å². The zero-order valence-corrected chi connectivity index (χ0v) is 13.0. The van der Waals surface area contributed by atoms with Crippen molar-refractivity contribution in [3.05, 3.63) is 67.1 Å². The maximum Gasteiger partial charge on any atom is 0.288 e. The number of hydrogen-bond donors (Lipinski definition) is 1. The minimum atomic E-state index is -0.479. The van der Waals surface area contributed by atoms with E-state index in [1.54, 1.807) is 6.07 Å². The van der Waals surface area contributed by atoms with Crippen molar-refractivity contribution in [1.82, 2.24) is 0 Å². The molecule has 0 fully saturated rings. The van der Waals surface area contributed by atoms with Crippen LogP contribution in [0.1, 0.15) is 11.1 Å². The fourth-order valence-electron chi connectivity index (χ4n) is 1.84. The fourth-order valence-corrected chi connectivity index (χ4v) is 2.52. The topological polar surface area (TPSA) is 55.2 Å². The SMILES string of the molecule is Cc1cc([N+](=O)[O-])c(Cl)cc1NCc1cccc(Br)c1. The Morgan fingerprint density at radius 1 is 1.35 bits per heavy atom. The Bertz CT molecular complexity index is 662. The van der Waals surface area contributed by atoms with Crippen LogP contribution in [0.4, 0.5) is 11.4 Å². The molecule has 0 atom stereocenters. The van der Waals surface area contributed by atoms with E-state index in [1.807, 2.05) is 31.2 Å². The summed E-state index contributed by atoms with van der Waals surface area (Å²) in [5.41, 5.74) is 2.61. The average Bonchev–Trinajstić information content (AvgIpc) is 2.39. The van der Waals surface area contributed by atoms with Crippen molar-refractivity contribution in [2.45, 2.75) is 13.5 Å². The Hall–Kier alpha value is -1.59. The predicted octanol–water partition coefficient (Wildman–Crippen LogP) is 4.93. The van der Waals surface area contributed by atoms with Crippen LogP contribution in [-0.4, -0.2) is 4.92 Å². The summed E-state index contributed by atoms with van der Waals surface area (Å²) in [4.78, 5) is 10.3. The average molecular weight is 356 g/mol. The maximum absolute atomic E-state index is 10.8. The van der Waals surface area contributed by atoms with Crippen LogP contribution in [0.25, 0.3) is 0 Å². The molecule has 0 bridgehead atoms. The number of nitro benzene ring substituents is 1. The Kier molecular flexibility index (Phi) is 4.62. The highest BCUT2D eigenvalue weighted by atomic mass is 79.9. The van der Waals surface area contributed by atoms with Gasteiger partial charge in [-0.2, -0.15) is 0 Å². The molecule has 20 heavy (non-hydrogen) atoms. The quantitative estimate of drug-likeness (QED) is 0.625. The molecular formula is C14H12BrClN2O2. The number of rotatable bonds is 4. The maximum atomic E-state index is 10.8. The zero-order chi connectivity index (χ0) is 14.7. The van der Waals surface area contributed by atoms with Crippen LogP contribution in [0.2, 0.25) is 5.02 Å². The minimum Gasteiger partial charge on any atom is -0.381 e. The molecule has 0 aliphatic heterocycles. The lowest BCUT2D eigenvalue weighted by atomic mass is 10.1.